The number of aromatic amines is 2. The highest BCUT2D eigenvalue weighted by Gasteiger charge is 2.07. The van der Waals surface area contributed by atoms with E-state index in [2.05, 4.69) is 9.72 Å². The lowest BCUT2D eigenvalue weighted by atomic mass is 10.3. The smallest absolute Gasteiger partial charge is 0.336 e. The molecule has 112 valence electrons. The Morgan fingerprint density at radius 3 is 2.23 bits per heavy atom. The molecular formula is C14H10N2O6. The summed E-state index contributed by atoms with van der Waals surface area (Å²) in [6, 6.07) is 8.27. The minimum Gasteiger partial charge on any atom is -0.423 e. The number of para-hydroxylation sites is 1. The van der Waals surface area contributed by atoms with Crippen LogP contribution in [-0.2, 0) is 9.59 Å². The van der Waals surface area contributed by atoms with E-state index >= 15 is 0 Å². The highest BCUT2D eigenvalue weighted by molar-refractivity contribution is 5.93. The van der Waals surface area contributed by atoms with Gasteiger partial charge in [0.05, 0.1) is 6.20 Å². The Balaban J connectivity index is 1.95. The monoisotopic (exact) mass is 302 g/mol. The molecule has 1 aromatic heterocycles. The zero-order chi connectivity index (χ0) is 15.9. The maximum Gasteiger partial charge on any atom is 0.336 e. The minimum absolute atomic E-state index is 0.322. The van der Waals surface area contributed by atoms with E-state index in [-0.39, 0.29) is 0 Å². The lowest BCUT2D eigenvalue weighted by Crippen LogP contribution is -2.24. The molecular weight excluding hydrogens is 292 g/mol. The van der Waals surface area contributed by atoms with Gasteiger partial charge in [0.2, 0.25) is 5.75 Å². The number of hydrogen-bond donors (Lipinski definition) is 2. The topological polar surface area (TPSA) is 118 Å². The number of benzene rings is 1. The van der Waals surface area contributed by atoms with E-state index in [1.54, 1.807) is 30.3 Å². The average Bonchev–Trinajstić information content (AvgIpc) is 2.49. The number of nitrogens with one attached hydrogen (secondary N) is 2. The molecule has 0 bridgehead atoms. The molecule has 2 aromatic rings. The number of esters is 2. The van der Waals surface area contributed by atoms with Crippen molar-refractivity contribution in [1.29, 1.82) is 0 Å². The normalized spacial score (nSPS) is 10.4. The van der Waals surface area contributed by atoms with Gasteiger partial charge < -0.3 is 14.5 Å². The van der Waals surface area contributed by atoms with Gasteiger partial charge in [-0.3, -0.25) is 9.78 Å². The van der Waals surface area contributed by atoms with Gasteiger partial charge in [-0.1, -0.05) is 18.2 Å². The number of H-pyrrole nitrogens is 2. The third-order valence-electron chi connectivity index (χ3n) is 2.31. The van der Waals surface area contributed by atoms with Gasteiger partial charge >= 0.3 is 17.6 Å². The number of carbonyl (C=O) groups is 2. The van der Waals surface area contributed by atoms with Crippen LogP contribution in [0.25, 0.3) is 0 Å². The van der Waals surface area contributed by atoms with E-state index in [1.807, 2.05) is 4.98 Å². The van der Waals surface area contributed by atoms with Crippen LogP contribution in [0.2, 0.25) is 0 Å². The maximum absolute atomic E-state index is 11.4. The van der Waals surface area contributed by atoms with E-state index in [0.717, 1.165) is 18.3 Å². The van der Waals surface area contributed by atoms with Crippen LogP contribution in [0.1, 0.15) is 0 Å². The number of ether oxygens (including phenoxy) is 2. The summed E-state index contributed by atoms with van der Waals surface area (Å²) in [6.45, 7) is 0. The predicted octanol–water partition coefficient (Wildman–Crippen LogP) is 0.130. The van der Waals surface area contributed by atoms with Gasteiger partial charge in [0, 0.05) is 12.2 Å². The van der Waals surface area contributed by atoms with Crippen LogP contribution in [0.5, 0.6) is 11.5 Å². The van der Waals surface area contributed by atoms with E-state index in [1.165, 1.54) is 0 Å². The highest BCUT2D eigenvalue weighted by atomic mass is 16.5. The third-order valence-corrected chi connectivity index (χ3v) is 2.31. The van der Waals surface area contributed by atoms with Crippen molar-refractivity contribution < 1.29 is 19.1 Å². The fraction of sp³-hybridized carbons (Fsp3) is 0. The molecule has 0 unspecified atom stereocenters. The van der Waals surface area contributed by atoms with Crippen LogP contribution in [0, 0.1) is 0 Å². The number of rotatable bonds is 4. The highest BCUT2D eigenvalue weighted by Crippen LogP contribution is 2.08. The Labute approximate surface area is 123 Å². The predicted molar refractivity (Wildman–Crippen MR) is 74.5 cm³/mol. The number of hydrogen-bond acceptors (Lipinski definition) is 6. The van der Waals surface area contributed by atoms with Crippen LogP contribution in [0.15, 0.2) is 58.3 Å². The van der Waals surface area contributed by atoms with Gasteiger partial charge in [-0.15, -0.1) is 0 Å². The summed E-state index contributed by atoms with van der Waals surface area (Å²) in [7, 11) is 0. The molecule has 22 heavy (non-hydrogen) atoms. The summed E-state index contributed by atoms with van der Waals surface area (Å²) in [5, 5.41) is 0. The van der Waals surface area contributed by atoms with E-state index < -0.39 is 28.9 Å². The third kappa shape index (κ3) is 4.30. The summed E-state index contributed by atoms with van der Waals surface area (Å²) in [4.78, 5) is 49.0. The molecule has 2 rings (SSSR count). The van der Waals surface area contributed by atoms with Gasteiger partial charge in [-0.25, -0.2) is 14.4 Å². The van der Waals surface area contributed by atoms with Crippen molar-refractivity contribution in [3.05, 3.63) is 69.5 Å². The molecule has 0 saturated carbocycles. The van der Waals surface area contributed by atoms with Crippen molar-refractivity contribution in [3.63, 3.8) is 0 Å². The fourth-order valence-electron chi connectivity index (χ4n) is 1.39. The van der Waals surface area contributed by atoms with Gasteiger partial charge in [0.25, 0.3) is 5.56 Å². The lowest BCUT2D eigenvalue weighted by Gasteiger charge is -2.00. The molecule has 1 aromatic carbocycles. The summed E-state index contributed by atoms with van der Waals surface area (Å²) < 4.78 is 9.56. The first-order valence-corrected chi connectivity index (χ1v) is 6.03. The van der Waals surface area contributed by atoms with Crippen LogP contribution in [-0.4, -0.2) is 21.9 Å². The van der Waals surface area contributed by atoms with Gasteiger partial charge in [-0.2, -0.15) is 0 Å². The number of carbonyl (C=O) groups excluding carboxylic acids is 2. The summed E-state index contributed by atoms with van der Waals surface area (Å²) in [6.07, 6.45) is 2.60. The molecule has 0 aliphatic carbocycles. The molecule has 0 fully saturated rings. The molecule has 8 heteroatoms. The zero-order valence-electron chi connectivity index (χ0n) is 11.1. The molecule has 0 spiro atoms. The van der Waals surface area contributed by atoms with E-state index in [9.17, 15) is 19.2 Å². The second-order valence-corrected chi connectivity index (χ2v) is 3.92. The largest absolute Gasteiger partial charge is 0.423 e. The second kappa shape index (κ2) is 6.84. The second-order valence-electron chi connectivity index (χ2n) is 3.92. The summed E-state index contributed by atoms with van der Waals surface area (Å²) >= 11 is 0. The first kappa shape index (κ1) is 15.0. The fourth-order valence-corrected chi connectivity index (χ4v) is 1.39. The van der Waals surface area contributed by atoms with Gasteiger partial charge in [-0.05, 0) is 12.1 Å². The van der Waals surface area contributed by atoms with Crippen molar-refractivity contribution in [2.24, 2.45) is 0 Å². The Morgan fingerprint density at radius 2 is 1.59 bits per heavy atom. The molecule has 0 aliphatic rings. The average molecular weight is 302 g/mol. The van der Waals surface area contributed by atoms with Crippen LogP contribution >= 0.6 is 0 Å². The summed E-state index contributed by atoms with van der Waals surface area (Å²) in [5.41, 5.74) is -1.59. The molecule has 8 nitrogen and oxygen atoms in total. The minimum atomic E-state index is -0.970. The first-order chi connectivity index (χ1) is 10.5. The lowest BCUT2D eigenvalue weighted by molar-refractivity contribution is -0.131. The maximum atomic E-state index is 11.4. The Morgan fingerprint density at radius 1 is 0.955 bits per heavy atom. The molecule has 0 amide bonds. The Hall–Kier alpha value is -3.42. The summed E-state index contributed by atoms with van der Waals surface area (Å²) in [5.74, 6) is -1.82. The standard InChI is InChI=1S/C14H10N2O6/c17-11(21-9-4-2-1-3-5-9)6-7-12(18)22-10-8-15-14(20)16-13(10)19/h1-8H,(H2,15,16,19,20)/b7-6+. The SMILES string of the molecule is O=C(/C=C/C(=O)Oc1c[nH]c(=O)[nH]c1=O)Oc1ccccc1. The van der Waals surface area contributed by atoms with Crippen molar-refractivity contribution >= 4 is 11.9 Å². The quantitative estimate of drug-likeness (QED) is 0.471. The van der Waals surface area contributed by atoms with Crippen LogP contribution < -0.4 is 20.7 Å². The molecule has 0 saturated heterocycles. The van der Waals surface area contributed by atoms with Crippen LogP contribution in [0.4, 0.5) is 0 Å². The van der Waals surface area contributed by atoms with Crippen molar-refractivity contribution in [1.82, 2.24) is 9.97 Å². The van der Waals surface area contributed by atoms with Crippen molar-refractivity contribution in [2.45, 2.75) is 0 Å². The first-order valence-electron chi connectivity index (χ1n) is 6.03. The molecule has 1 heterocycles. The number of aromatic nitrogens is 2. The molecule has 0 radical (unpaired) electrons. The van der Waals surface area contributed by atoms with Crippen molar-refractivity contribution in [2.75, 3.05) is 0 Å². The molecule has 0 aliphatic heterocycles. The van der Waals surface area contributed by atoms with Gasteiger partial charge in [0.15, 0.2) is 0 Å². The van der Waals surface area contributed by atoms with Crippen LogP contribution in [0.3, 0.4) is 0 Å². The van der Waals surface area contributed by atoms with E-state index in [4.69, 9.17) is 4.74 Å². The zero-order valence-corrected chi connectivity index (χ0v) is 11.1. The molecule has 2 N–H and O–H groups in total. The molecule has 0 atom stereocenters. The van der Waals surface area contributed by atoms with Gasteiger partial charge in [0.1, 0.15) is 5.75 Å². The van der Waals surface area contributed by atoms with Crippen molar-refractivity contribution in [3.8, 4) is 11.5 Å². The Bertz CT molecular complexity index is 819. The van der Waals surface area contributed by atoms with E-state index in [0.29, 0.717) is 5.75 Å². The Kier molecular flexibility index (Phi) is 4.66.